The Balaban J connectivity index is 0. The molecule has 11 nitrogen and oxygen atoms in total. The van der Waals surface area contributed by atoms with Crippen molar-refractivity contribution in [2.45, 2.75) is 6.04 Å². The lowest BCUT2D eigenvalue weighted by molar-refractivity contribution is -0.140. The van der Waals surface area contributed by atoms with Crippen LogP contribution in [0.1, 0.15) is 0 Å². The van der Waals surface area contributed by atoms with Gasteiger partial charge in [0, 0.05) is 7.05 Å². The van der Waals surface area contributed by atoms with E-state index in [1.54, 1.807) is 5.09 Å². The Kier molecular flexibility index (Phi) is 10.2. The number of guanidine groups is 1. The SMILES string of the molecule is CN(CC(=O)O)C(=N)N.O=C(O)C(CO)NP(=O)=O. The zero-order valence-electron chi connectivity index (χ0n) is 9.94. The molecule has 0 heterocycles. The summed E-state index contributed by atoms with van der Waals surface area (Å²) in [5, 5.41) is 32.9. The molecule has 19 heavy (non-hydrogen) atoms. The van der Waals surface area contributed by atoms with E-state index in [-0.39, 0.29) is 12.5 Å². The molecule has 0 aliphatic rings. The summed E-state index contributed by atoms with van der Waals surface area (Å²) >= 11 is 0. The van der Waals surface area contributed by atoms with E-state index in [0.717, 1.165) is 4.90 Å². The number of likely N-dealkylation sites (N-methyl/N-ethyl adjacent to an activating group) is 1. The van der Waals surface area contributed by atoms with Gasteiger partial charge in [-0.05, 0) is 0 Å². The molecule has 110 valence electrons. The first-order chi connectivity index (χ1) is 8.61. The smallest absolute Gasteiger partial charge is 0.396 e. The van der Waals surface area contributed by atoms with Crippen LogP contribution in [0.15, 0.2) is 0 Å². The van der Waals surface area contributed by atoms with Crippen molar-refractivity contribution in [3.63, 3.8) is 0 Å². The number of nitrogens with one attached hydrogen (secondary N) is 2. The number of carboxylic acids is 2. The summed E-state index contributed by atoms with van der Waals surface area (Å²) in [6.45, 7) is -0.978. The van der Waals surface area contributed by atoms with E-state index >= 15 is 0 Å². The van der Waals surface area contributed by atoms with Crippen molar-refractivity contribution in [2.24, 2.45) is 5.73 Å². The predicted molar refractivity (Wildman–Crippen MR) is 62.1 cm³/mol. The lowest BCUT2D eigenvalue weighted by Crippen LogP contribution is -2.36. The van der Waals surface area contributed by atoms with E-state index in [4.69, 9.17) is 26.5 Å². The van der Waals surface area contributed by atoms with Crippen molar-refractivity contribution in [2.75, 3.05) is 20.2 Å². The highest BCUT2D eigenvalue weighted by atomic mass is 31.1. The van der Waals surface area contributed by atoms with Crippen LogP contribution in [-0.4, -0.2) is 64.4 Å². The van der Waals surface area contributed by atoms with E-state index in [1.807, 2.05) is 0 Å². The standard InChI is InChI=1S/C4H9N3O2.C3H6NO5P/c1-7(4(5)6)2-3(8)9;5-1-2(3(6)7)4-10(8)9/h2H2,1H3,(H3,5,6)(H,8,9);2,5H,1H2,(H,6,7)(H,4,8,9). The molecule has 0 fully saturated rings. The molecule has 0 aromatic carbocycles. The number of nitrogens with zero attached hydrogens (tertiary/aromatic N) is 1. The van der Waals surface area contributed by atoms with Gasteiger partial charge in [-0.2, -0.15) is 5.09 Å². The number of aliphatic hydroxyl groups excluding tert-OH is 1. The number of hydrogen-bond donors (Lipinski definition) is 6. The van der Waals surface area contributed by atoms with Gasteiger partial charge in [0.25, 0.3) is 0 Å². The number of aliphatic carboxylic acids is 2. The summed E-state index contributed by atoms with van der Waals surface area (Å²) in [7, 11) is -1.53. The first-order valence-electron chi connectivity index (χ1n) is 4.63. The van der Waals surface area contributed by atoms with Gasteiger partial charge < -0.3 is 26.0 Å². The second kappa shape index (κ2) is 10.00. The largest absolute Gasteiger partial charge is 0.480 e. The summed E-state index contributed by atoms with van der Waals surface area (Å²) in [5.41, 5.74) is 4.93. The number of aliphatic hydroxyl groups is 1. The third-order valence-electron chi connectivity index (χ3n) is 1.53. The molecule has 0 saturated heterocycles. The first-order valence-corrected chi connectivity index (χ1v) is 5.80. The molecule has 0 spiro atoms. The molecule has 0 aliphatic heterocycles. The first kappa shape index (κ1) is 19.4. The zero-order valence-corrected chi connectivity index (χ0v) is 10.8. The fourth-order valence-electron chi connectivity index (χ4n) is 0.589. The van der Waals surface area contributed by atoms with E-state index in [1.165, 1.54) is 7.05 Å². The third-order valence-corrected chi connectivity index (χ3v) is 2.05. The van der Waals surface area contributed by atoms with Crippen LogP contribution in [0, 0.1) is 5.41 Å². The van der Waals surface area contributed by atoms with Gasteiger partial charge >= 0.3 is 19.8 Å². The van der Waals surface area contributed by atoms with Crippen molar-refractivity contribution in [1.29, 1.82) is 5.41 Å². The van der Waals surface area contributed by atoms with Crippen molar-refractivity contribution < 1.29 is 34.0 Å². The van der Waals surface area contributed by atoms with E-state index in [0.29, 0.717) is 0 Å². The number of nitrogens with two attached hydrogens (primary N) is 1. The Morgan fingerprint density at radius 3 is 2.00 bits per heavy atom. The van der Waals surface area contributed by atoms with E-state index < -0.39 is 32.4 Å². The lowest BCUT2D eigenvalue weighted by atomic mass is 10.3. The molecule has 0 bridgehead atoms. The Hall–Kier alpha value is -1.97. The number of carbonyl (C=O) groups is 2. The fourth-order valence-corrected chi connectivity index (χ4v) is 1.04. The van der Waals surface area contributed by atoms with Crippen LogP contribution in [-0.2, 0) is 18.7 Å². The highest BCUT2D eigenvalue weighted by molar-refractivity contribution is 7.28. The fraction of sp³-hybridized carbons (Fsp3) is 0.571. The van der Waals surface area contributed by atoms with Crippen LogP contribution in [0.5, 0.6) is 0 Å². The average molecular weight is 298 g/mol. The monoisotopic (exact) mass is 298 g/mol. The van der Waals surface area contributed by atoms with Crippen LogP contribution in [0.4, 0.5) is 0 Å². The van der Waals surface area contributed by atoms with Gasteiger partial charge in [0.1, 0.15) is 12.6 Å². The Bertz CT molecular complexity index is 389. The maximum absolute atomic E-state index is 9.98. The van der Waals surface area contributed by atoms with Crippen LogP contribution >= 0.6 is 7.83 Å². The molecule has 1 unspecified atom stereocenters. The summed E-state index contributed by atoms with van der Waals surface area (Å²) < 4.78 is 19.6. The molecule has 1 atom stereocenters. The highest BCUT2D eigenvalue weighted by Gasteiger charge is 2.16. The summed E-state index contributed by atoms with van der Waals surface area (Å²) in [6, 6.07) is -1.43. The highest BCUT2D eigenvalue weighted by Crippen LogP contribution is 1.97. The average Bonchev–Trinajstić information content (AvgIpc) is 2.25. The molecule has 0 aliphatic carbocycles. The number of carboxylic acid groups (broad SMARTS) is 2. The zero-order chi connectivity index (χ0) is 15.6. The van der Waals surface area contributed by atoms with Crippen LogP contribution in [0.25, 0.3) is 0 Å². The molecule has 0 rings (SSSR count). The molecule has 7 N–H and O–H groups in total. The molecule has 0 aromatic rings. The second-order valence-corrected chi connectivity index (χ2v) is 3.87. The molecule has 0 aromatic heterocycles. The Morgan fingerprint density at radius 1 is 1.42 bits per heavy atom. The Labute approximate surface area is 108 Å². The summed E-state index contributed by atoms with van der Waals surface area (Å²) in [4.78, 5) is 21.0. The van der Waals surface area contributed by atoms with Crippen LogP contribution < -0.4 is 10.8 Å². The second-order valence-electron chi connectivity index (χ2n) is 3.09. The van der Waals surface area contributed by atoms with Crippen molar-refractivity contribution in [3.05, 3.63) is 0 Å². The van der Waals surface area contributed by atoms with Gasteiger partial charge in [0.15, 0.2) is 5.96 Å². The molecule has 0 saturated carbocycles. The van der Waals surface area contributed by atoms with Crippen LogP contribution in [0.3, 0.4) is 0 Å². The quantitative estimate of drug-likeness (QED) is 0.181. The van der Waals surface area contributed by atoms with Gasteiger partial charge in [-0.3, -0.25) is 15.0 Å². The molecular formula is C7H15N4O7P. The van der Waals surface area contributed by atoms with Gasteiger partial charge in [-0.25, -0.2) is 9.13 Å². The maximum atomic E-state index is 9.98. The van der Waals surface area contributed by atoms with Gasteiger partial charge in [0.05, 0.1) is 6.61 Å². The minimum Gasteiger partial charge on any atom is -0.480 e. The molecule has 0 radical (unpaired) electrons. The summed E-state index contributed by atoms with van der Waals surface area (Å²) in [6.07, 6.45) is 0. The normalized spacial score (nSPS) is 10.6. The minimum atomic E-state index is -2.97. The van der Waals surface area contributed by atoms with E-state index in [2.05, 4.69) is 0 Å². The molecule has 12 heteroatoms. The minimum absolute atomic E-state index is 0.227. The summed E-state index contributed by atoms with van der Waals surface area (Å²) in [5.74, 6) is -2.63. The maximum Gasteiger partial charge on any atom is 0.396 e. The Morgan fingerprint density at radius 2 is 1.89 bits per heavy atom. The van der Waals surface area contributed by atoms with E-state index in [9.17, 15) is 18.7 Å². The molecule has 0 amide bonds. The lowest BCUT2D eigenvalue weighted by Gasteiger charge is -2.12. The molecular weight excluding hydrogens is 283 g/mol. The third kappa shape index (κ3) is 12.3. The van der Waals surface area contributed by atoms with Gasteiger partial charge in [-0.15, -0.1) is 0 Å². The van der Waals surface area contributed by atoms with Gasteiger partial charge in [0.2, 0.25) is 0 Å². The van der Waals surface area contributed by atoms with Crippen molar-refractivity contribution in [1.82, 2.24) is 9.99 Å². The van der Waals surface area contributed by atoms with Crippen molar-refractivity contribution >= 4 is 25.7 Å². The number of hydrogen-bond acceptors (Lipinski definition) is 6. The topological polar surface area (TPSA) is 194 Å². The number of rotatable bonds is 6. The van der Waals surface area contributed by atoms with Crippen LogP contribution in [0.2, 0.25) is 0 Å². The van der Waals surface area contributed by atoms with Gasteiger partial charge in [-0.1, -0.05) is 0 Å². The van der Waals surface area contributed by atoms with Crippen molar-refractivity contribution in [3.8, 4) is 0 Å². The predicted octanol–water partition coefficient (Wildman–Crippen LogP) is -1.99.